The van der Waals surface area contributed by atoms with Gasteiger partial charge in [-0.25, -0.2) is 0 Å². The molecule has 20 heavy (non-hydrogen) atoms. The van der Waals surface area contributed by atoms with Crippen molar-refractivity contribution in [3.8, 4) is 11.5 Å². The molecule has 0 amide bonds. The zero-order valence-corrected chi connectivity index (χ0v) is 11.6. The fraction of sp³-hybridized carbons (Fsp3) is 0.357. The lowest BCUT2D eigenvalue weighted by molar-refractivity contribution is -0.140. The van der Waals surface area contributed by atoms with E-state index in [1.54, 1.807) is 0 Å². The van der Waals surface area contributed by atoms with Gasteiger partial charge in [-0.1, -0.05) is 0 Å². The number of carbonyl (C=O) groups excluding carboxylic acids is 3. The summed E-state index contributed by atoms with van der Waals surface area (Å²) in [6, 6.07) is 2.99. The van der Waals surface area contributed by atoms with Crippen LogP contribution < -0.4 is 9.47 Å². The normalized spacial score (nSPS) is 9.75. The van der Waals surface area contributed by atoms with Crippen molar-refractivity contribution in [2.24, 2.45) is 0 Å². The van der Waals surface area contributed by atoms with Crippen LogP contribution in [0.5, 0.6) is 11.5 Å². The molecule has 0 saturated carbocycles. The number of carbonyl (C=O) groups is 3. The van der Waals surface area contributed by atoms with Crippen LogP contribution in [-0.4, -0.2) is 32.4 Å². The van der Waals surface area contributed by atoms with Crippen LogP contribution in [-0.2, 0) is 20.7 Å². The van der Waals surface area contributed by atoms with Crippen molar-refractivity contribution in [3.63, 3.8) is 0 Å². The average molecular weight is 280 g/mol. The number of hydrogen-bond acceptors (Lipinski definition) is 6. The summed E-state index contributed by atoms with van der Waals surface area (Å²) < 4.78 is 14.6. The Kier molecular flexibility index (Phi) is 5.71. The number of benzene rings is 1. The molecule has 0 aromatic heterocycles. The Balaban J connectivity index is 3.10. The number of esters is 2. The summed E-state index contributed by atoms with van der Waals surface area (Å²) in [6.07, 6.45) is 1.09. The van der Waals surface area contributed by atoms with Crippen LogP contribution in [0.3, 0.4) is 0 Å². The standard InChI is InChI=1S/C14H16O6/c1-9(16)20-13-6-10(4-5-14(17)19-3)11(8-15)7-12(13)18-2/h6-8H,4-5H2,1-3H3. The van der Waals surface area contributed by atoms with Crippen molar-refractivity contribution < 1.29 is 28.6 Å². The van der Waals surface area contributed by atoms with E-state index in [0.717, 1.165) is 0 Å². The van der Waals surface area contributed by atoms with Crippen molar-refractivity contribution in [2.75, 3.05) is 14.2 Å². The molecule has 0 aliphatic carbocycles. The number of aryl methyl sites for hydroxylation is 1. The van der Waals surface area contributed by atoms with E-state index in [-0.39, 0.29) is 23.9 Å². The maximum atomic E-state index is 11.1. The van der Waals surface area contributed by atoms with Gasteiger partial charge in [-0.15, -0.1) is 0 Å². The van der Waals surface area contributed by atoms with Gasteiger partial charge < -0.3 is 14.2 Å². The summed E-state index contributed by atoms with van der Waals surface area (Å²) in [5, 5.41) is 0. The van der Waals surface area contributed by atoms with Gasteiger partial charge in [0.1, 0.15) is 6.29 Å². The highest BCUT2D eigenvalue weighted by atomic mass is 16.6. The van der Waals surface area contributed by atoms with E-state index in [0.29, 0.717) is 23.8 Å². The summed E-state index contributed by atoms with van der Waals surface area (Å²) >= 11 is 0. The van der Waals surface area contributed by atoms with Crippen LogP contribution in [0.15, 0.2) is 12.1 Å². The molecular formula is C14H16O6. The largest absolute Gasteiger partial charge is 0.493 e. The summed E-state index contributed by atoms with van der Waals surface area (Å²) in [4.78, 5) is 33.3. The maximum Gasteiger partial charge on any atom is 0.308 e. The zero-order valence-electron chi connectivity index (χ0n) is 11.6. The van der Waals surface area contributed by atoms with Gasteiger partial charge in [-0.05, 0) is 24.1 Å². The Bertz CT molecular complexity index is 521. The first-order valence-electron chi connectivity index (χ1n) is 5.93. The predicted octanol–water partition coefficient (Wildman–Crippen LogP) is 1.54. The summed E-state index contributed by atoms with van der Waals surface area (Å²) in [5.41, 5.74) is 0.962. The Morgan fingerprint density at radius 2 is 1.90 bits per heavy atom. The highest BCUT2D eigenvalue weighted by molar-refractivity contribution is 5.81. The minimum absolute atomic E-state index is 0.128. The molecule has 0 heterocycles. The predicted molar refractivity (Wildman–Crippen MR) is 70.0 cm³/mol. The molecular weight excluding hydrogens is 264 g/mol. The van der Waals surface area contributed by atoms with Crippen LogP contribution in [0, 0.1) is 0 Å². The number of ether oxygens (including phenoxy) is 3. The molecule has 0 atom stereocenters. The van der Waals surface area contributed by atoms with Crippen molar-refractivity contribution >= 4 is 18.2 Å². The van der Waals surface area contributed by atoms with Gasteiger partial charge in [0, 0.05) is 18.9 Å². The molecule has 0 unspecified atom stereocenters. The molecule has 0 bridgehead atoms. The summed E-state index contributed by atoms with van der Waals surface area (Å²) in [7, 11) is 2.70. The number of aldehydes is 1. The van der Waals surface area contributed by atoms with Gasteiger partial charge in [0.05, 0.1) is 14.2 Å². The van der Waals surface area contributed by atoms with Crippen LogP contribution in [0.1, 0.15) is 29.3 Å². The lowest BCUT2D eigenvalue weighted by Gasteiger charge is -2.12. The number of methoxy groups -OCH3 is 2. The van der Waals surface area contributed by atoms with E-state index < -0.39 is 5.97 Å². The van der Waals surface area contributed by atoms with Gasteiger partial charge in [0.2, 0.25) is 0 Å². The second kappa shape index (κ2) is 7.28. The first-order valence-corrected chi connectivity index (χ1v) is 5.93. The first-order chi connectivity index (χ1) is 9.51. The fourth-order valence-corrected chi connectivity index (χ4v) is 1.68. The fourth-order valence-electron chi connectivity index (χ4n) is 1.68. The second-order valence-corrected chi connectivity index (χ2v) is 3.99. The highest BCUT2D eigenvalue weighted by Crippen LogP contribution is 2.31. The van der Waals surface area contributed by atoms with E-state index >= 15 is 0 Å². The Labute approximate surface area is 116 Å². The monoisotopic (exact) mass is 280 g/mol. The molecule has 0 fully saturated rings. The van der Waals surface area contributed by atoms with Crippen LogP contribution in [0.25, 0.3) is 0 Å². The Morgan fingerprint density at radius 1 is 1.20 bits per heavy atom. The molecule has 1 rings (SSSR count). The van der Waals surface area contributed by atoms with Gasteiger partial charge in [0.15, 0.2) is 11.5 Å². The van der Waals surface area contributed by atoms with Crippen LogP contribution in [0.4, 0.5) is 0 Å². The van der Waals surface area contributed by atoms with E-state index in [2.05, 4.69) is 4.74 Å². The molecule has 0 aliphatic heterocycles. The Morgan fingerprint density at radius 3 is 2.40 bits per heavy atom. The van der Waals surface area contributed by atoms with E-state index in [4.69, 9.17) is 9.47 Å². The topological polar surface area (TPSA) is 78.9 Å². The van der Waals surface area contributed by atoms with E-state index in [9.17, 15) is 14.4 Å². The second-order valence-electron chi connectivity index (χ2n) is 3.99. The van der Waals surface area contributed by atoms with Crippen LogP contribution >= 0.6 is 0 Å². The van der Waals surface area contributed by atoms with Gasteiger partial charge in [0.25, 0.3) is 0 Å². The van der Waals surface area contributed by atoms with Gasteiger partial charge in [-0.2, -0.15) is 0 Å². The van der Waals surface area contributed by atoms with Crippen molar-refractivity contribution in [1.82, 2.24) is 0 Å². The molecule has 0 N–H and O–H groups in total. The number of hydrogen-bond donors (Lipinski definition) is 0. The third kappa shape index (κ3) is 4.08. The molecule has 6 nitrogen and oxygen atoms in total. The van der Waals surface area contributed by atoms with E-state index in [1.807, 2.05) is 0 Å². The van der Waals surface area contributed by atoms with Gasteiger partial charge in [-0.3, -0.25) is 14.4 Å². The van der Waals surface area contributed by atoms with Crippen molar-refractivity contribution in [1.29, 1.82) is 0 Å². The third-order valence-electron chi connectivity index (χ3n) is 2.63. The summed E-state index contributed by atoms with van der Waals surface area (Å²) in [5.74, 6) is -0.387. The molecule has 6 heteroatoms. The lowest BCUT2D eigenvalue weighted by atomic mass is 10.0. The number of rotatable bonds is 6. The summed E-state index contributed by atoms with van der Waals surface area (Å²) in [6.45, 7) is 1.27. The first kappa shape index (κ1) is 15.7. The maximum absolute atomic E-state index is 11.1. The third-order valence-corrected chi connectivity index (χ3v) is 2.63. The van der Waals surface area contributed by atoms with Crippen molar-refractivity contribution in [3.05, 3.63) is 23.3 Å². The van der Waals surface area contributed by atoms with Crippen LogP contribution in [0.2, 0.25) is 0 Å². The minimum Gasteiger partial charge on any atom is -0.493 e. The van der Waals surface area contributed by atoms with Gasteiger partial charge >= 0.3 is 11.9 Å². The molecule has 1 aromatic carbocycles. The molecule has 0 spiro atoms. The highest BCUT2D eigenvalue weighted by Gasteiger charge is 2.14. The van der Waals surface area contributed by atoms with Crippen molar-refractivity contribution in [2.45, 2.75) is 19.8 Å². The molecule has 0 aliphatic rings. The SMILES string of the molecule is COC(=O)CCc1cc(OC(C)=O)c(OC)cc1C=O. The quantitative estimate of drug-likeness (QED) is 0.447. The minimum atomic E-state index is -0.499. The molecule has 108 valence electrons. The van der Waals surface area contributed by atoms with E-state index in [1.165, 1.54) is 33.3 Å². The zero-order chi connectivity index (χ0) is 15.1. The average Bonchev–Trinajstić information content (AvgIpc) is 2.43. The lowest BCUT2D eigenvalue weighted by Crippen LogP contribution is -2.07. The smallest absolute Gasteiger partial charge is 0.308 e. The molecule has 1 aromatic rings. The molecule has 0 saturated heterocycles. The molecule has 0 radical (unpaired) electrons. The Hall–Kier alpha value is -2.37.